The largest absolute Gasteiger partial charge is 0.508 e. The van der Waals surface area contributed by atoms with E-state index in [2.05, 4.69) is 26.9 Å². The molecule has 0 amide bonds. The molecule has 10 heteroatoms. The van der Waals surface area contributed by atoms with Crippen LogP contribution in [0.2, 0.25) is 0 Å². The summed E-state index contributed by atoms with van der Waals surface area (Å²) in [5, 5.41) is 48.3. The maximum atomic E-state index is 11.2. The number of phenols is 2. The standard InChI is InChI=1S/C28H36N5O5/c1-4-5-21(14-26(36)37)32-12-10-31(11-13-32)17-19-6-8-20(9-7-19)33-27(29-30-28(33)38)23-15-22(18(2)3)24(34)16-25(23)35/h6-9,15-16,18,34-35H,4-5,10-14,17H2,1-3H3,(H,30,38)(H,36,37). The fraction of sp³-hybridized carbons (Fsp3) is 0.429. The van der Waals surface area contributed by atoms with Crippen molar-refractivity contribution in [3.8, 4) is 34.6 Å². The van der Waals surface area contributed by atoms with E-state index in [1.54, 1.807) is 6.07 Å². The lowest BCUT2D eigenvalue weighted by atomic mass is 9.98. The number of rotatable bonds is 10. The van der Waals surface area contributed by atoms with E-state index >= 15 is 0 Å². The first-order chi connectivity index (χ1) is 18.2. The molecule has 0 aliphatic carbocycles. The van der Waals surface area contributed by atoms with Crippen molar-refractivity contribution in [2.45, 2.75) is 52.5 Å². The molecule has 38 heavy (non-hydrogen) atoms. The number of benzene rings is 2. The predicted molar refractivity (Wildman–Crippen MR) is 143 cm³/mol. The molecule has 203 valence electrons. The van der Waals surface area contributed by atoms with Crippen LogP contribution in [0.15, 0.2) is 36.4 Å². The fourth-order valence-electron chi connectivity index (χ4n) is 4.98. The number of aromatic hydroxyl groups is 3. The molecule has 0 unspecified atom stereocenters. The zero-order chi connectivity index (χ0) is 27.4. The van der Waals surface area contributed by atoms with Crippen molar-refractivity contribution in [3.63, 3.8) is 0 Å². The second-order valence-electron chi connectivity index (χ2n) is 10.1. The molecule has 4 rings (SSSR count). The van der Waals surface area contributed by atoms with Gasteiger partial charge in [0.2, 0.25) is 0 Å². The summed E-state index contributed by atoms with van der Waals surface area (Å²) in [6.45, 7) is 10.0. The Balaban J connectivity index is 1.47. The van der Waals surface area contributed by atoms with Gasteiger partial charge in [0, 0.05) is 38.8 Å². The maximum absolute atomic E-state index is 11.2. The Morgan fingerprint density at radius 3 is 2.26 bits per heavy atom. The van der Waals surface area contributed by atoms with Crippen LogP contribution in [0.4, 0.5) is 0 Å². The van der Waals surface area contributed by atoms with Crippen molar-refractivity contribution in [3.05, 3.63) is 53.6 Å². The van der Waals surface area contributed by atoms with Crippen LogP contribution in [0.1, 0.15) is 57.1 Å². The van der Waals surface area contributed by atoms with Gasteiger partial charge in [-0.1, -0.05) is 44.4 Å². The van der Waals surface area contributed by atoms with E-state index < -0.39 is 5.97 Å². The molecule has 2 heterocycles. The molecular formula is C28H36N5O5. The molecule has 3 aromatic rings. The van der Waals surface area contributed by atoms with Crippen molar-refractivity contribution in [2.75, 3.05) is 26.2 Å². The van der Waals surface area contributed by atoms with Crippen LogP contribution in [0.3, 0.4) is 0 Å². The SMILES string of the molecule is CCC[C](CC(=O)O)N1CCN(Cc2ccc(-n3c(O)nnc3-c3cc(C(C)C)c(O)cc3O)cc2)CC1. The number of carbonyl (C=O) groups is 1. The first-order valence-electron chi connectivity index (χ1n) is 13.0. The molecule has 1 saturated heterocycles. The average molecular weight is 523 g/mol. The summed E-state index contributed by atoms with van der Waals surface area (Å²) in [4.78, 5) is 15.8. The van der Waals surface area contributed by atoms with E-state index in [0.717, 1.165) is 57.2 Å². The summed E-state index contributed by atoms with van der Waals surface area (Å²) in [5.41, 5.74) is 2.77. The van der Waals surface area contributed by atoms with Crippen molar-refractivity contribution in [1.82, 2.24) is 24.6 Å². The van der Waals surface area contributed by atoms with Gasteiger partial charge in [0.05, 0.1) is 23.7 Å². The third-order valence-corrected chi connectivity index (χ3v) is 6.97. The van der Waals surface area contributed by atoms with Gasteiger partial charge >= 0.3 is 12.0 Å². The normalized spacial score (nSPS) is 15.0. The van der Waals surface area contributed by atoms with Gasteiger partial charge in [-0.2, -0.15) is 0 Å². The highest BCUT2D eigenvalue weighted by atomic mass is 16.4. The van der Waals surface area contributed by atoms with E-state index in [9.17, 15) is 25.2 Å². The third-order valence-electron chi connectivity index (χ3n) is 6.97. The minimum atomic E-state index is -0.778. The highest BCUT2D eigenvalue weighted by Crippen LogP contribution is 2.38. The number of hydrogen-bond donors (Lipinski definition) is 4. The van der Waals surface area contributed by atoms with Crippen molar-refractivity contribution < 1.29 is 25.2 Å². The smallest absolute Gasteiger partial charge is 0.319 e. The van der Waals surface area contributed by atoms with Gasteiger partial charge in [-0.25, -0.2) is 4.57 Å². The number of aromatic nitrogens is 3. The summed E-state index contributed by atoms with van der Waals surface area (Å²) in [7, 11) is 0. The molecule has 1 aromatic heterocycles. The molecule has 1 aliphatic heterocycles. The number of nitrogens with zero attached hydrogens (tertiary/aromatic N) is 5. The first kappa shape index (κ1) is 27.4. The van der Waals surface area contributed by atoms with Crippen molar-refractivity contribution in [2.24, 2.45) is 0 Å². The lowest BCUT2D eigenvalue weighted by molar-refractivity contribution is -0.137. The van der Waals surface area contributed by atoms with E-state index in [1.807, 2.05) is 38.1 Å². The van der Waals surface area contributed by atoms with E-state index in [-0.39, 0.29) is 35.7 Å². The molecule has 4 N–H and O–H groups in total. The topological polar surface area (TPSA) is 135 Å². The zero-order valence-electron chi connectivity index (χ0n) is 22.1. The highest BCUT2D eigenvalue weighted by molar-refractivity contribution is 5.70. The van der Waals surface area contributed by atoms with Gasteiger partial charge in [-0.05, 0) is 41.7 Å². The molecule has 1 fully saturated rings. The number of hydrogen-bond acceptors (Lipinski definition) is 8. The lowest BCUT2D eigenvalue weighted by Gasteiger charge is -2.38. The minimum absolute atomic E-state index is 0.00286. The summed E-state index contributed by atoms with van der Waals surface area (Å²) in [5.74, 6) is -0.638. The van der Waals surface area contributed by atoms with Crippen LogP contribution in [-0.2, 0) is 11.3 Å². The van der Waals surface area contributed by atoms with Gasteiger partial charge in [0.1, 0.15) is 11.5 Å². The first-order valence-corrected chi connectivity index (χ1v) is 13.0. The van der Waals surface area contributed by atoms with Gasteiger partial charge in [0.25, 0.3) is 0 Å². The number of phenolic OH excluding ortho intramolecular Hbond substituents is 2. The Bertz CT molecular complexity index is 1250. The molecule has 2 aromatic carbocycles. The number of aliphatic carboxylic acids is 1. The van der Waals surface area contributed by atoms with Crippen LogP contribution >= 0.6 is 0 Å². The van der Waals surface area contributed by atoms with Crippen LogP contribution in [0.25, 0.3) is 17.1 Å². The molecule has 0 atom stereocenters. The second kappa shape index (κ2) is 11.8. The van der Waals surface area contributed by atoms with Crippen molar-refractivity contribution in [1.29, 1.82) is 0 Å². The molecule has 0 spiro atoms. The summed E-state index contributed by atoms with van der Waals surface area (Å²) in [6, 6.07) is 11.4. The molecule has 0 bridgehead atoms. The molecule has 0 saturated carbocycles. The Kier molecular flexibility index (Phi) is 8.53. The highest BCUT2D eigenvalue weighted by Gasteiger charge is 2.26. The quantitative estimate of drug-likeness (QED) is 0.310. The lowest BCUT2D eigenvalue weighted by Crippen LogP contribution is -2.47. The van der Waals surface area contributed by atoms with Gasteiger partial charge < -0.3 is 20.4 Å². The van der Waals surface area contributed by atoms with E-state index in [4.69, 9.17) is 0 Å². The van der Waals surface area contributed by atoms with E-state index in [0.29, 0.717) is 16.8 Å². The molecule has 1 radical (unpaired) electrons. The van der Waals surface area contributed by atoms with Gasteiger partial charge in [0.15, 0.2) is 5.82 Å². The third kappa shape index (κ3) is 6.08. The number of carboxylic acids is 1. The Labute approximate surface area is 222 Å². The summed E-state index contributed by atoms with van der Waals surface area (Å²) >= 11 is 0. The van der Waals surface area contributed by atoms with Crippen LogP contribution in [-0.4, -0.2) is 77.1 Å². The molecule has 10 nitrogen and oxygen atoms in total. The summed E-state index contributed by atoms with van der Waals surface area (Å²) in [6.07, 6.45) is 1.85. The van der Waals surface area contributed by atoms with Gasteiger partial charge in [-0.3, -0.25) is 14.6 Å². The fourth-order valence-corrected chi connectivity index (χ4v) is 4.98. The predicted octanol–water partition coefficient (Wildman–Crippen LogP) is 4.10. The monoisotopic (exact) mass is 522 g/mol. The Morgan fingerprint density at radius 2 is 1.66 bits per heavy atom. The number of carboxylic acid groups (broad SMARTS) is 1. The van der Waals surface area contributed by atoms with Crippen molar-refractivity contribution >= 4 is 5.97 Å². The second-order valence-corrected chi connectivity index (χ2v) is 10.1. The molecular weight excluding hydrogens is 486 g/mol. The van der Waals surface area contributed by atoms with Crippen LogP contribution in [0, 0.1) is 6.04 Å². The Hall–Kier alpha value is -3.63. The Morgan fingerprint density at radius 1 is 0.974 bits per heavy atom. The van der Waals surface area contributed by atoms with E-state index in [1.165, 1.54) is 10.6 Å². The minimum Gasteiger partial charge on any atom is -0.508 e. The average Bonchev–Trinajstić information content (AvgIpc) is 3.25. The van der Waals surface area contributed by atoms with Gasteiger partial charge in [-0.15, -0.1) is 5.10 Å². The zero-order valence-corrected chi connectivity index (χ0v) is 22.1. The van der Waals surface area contributed by atoms with Crippen LogP contribution in [0.5, 0.6) is 17.5 Å². The summed E-state index contributed by atoms with van der Waals surface area (Å²) < 4.78 is 1.46. The number of piperazine rings is 1. The maximum Gasteiger partial charge on any atom is 0.319 e. The molecule has 1 aliphatic rings. The van der Waals surface area contributed by atoms with Crippen LogP contribution < -0.4 is 0 Å².